The van der Waals surface area contributed by atoms with E-state index in [9.17, 15) is 9.59 Å². The first-order valence-corrected chi connectivity index (χ1v) is 8.87. The van der Waals surface area contributed by atoms with E-state index in [0.717, 1.165) is 21.7 Å². The van der Waals surface area contributed by atoms with E-state index < -0.39 is 17.7 Å². The average molecular weight is 359 g/mol. The summed E-state index contributed by atoms with van der Waals surface area (Å²) >= 11 is 1.58. The molecule has 1 fully saturated rings. The SMILES string of the molecule is Cc1ncsc1-c1ccc([C@@H]2C(=O)N(C)N2C(=O)OC(C)(C)C)cc1. The highest BCUT2D eigenvalue weighted by atomic mass is 32.1. The summed E-state index contributed by atoms with van der Waals surface area (Å²) in [7, 11) is 1.57. The van der Waals surface area contributed by atoms with Crippen molar-refractivity contribution in [3.63, 3.8) is 0 Å². The molecular formula is C18H21N3O3S. The lowest BCUT2D eigenvalue weighted by molar-refractivity contribution is -0.184. The number of rotatable bonds is 2. The number of amides is 2. The van der Waals surface area contributed by atoms with Gasteiger partial charge in [0.1, 0.15) is 5.60 Å². The Labute approximate surface area is 151 Å². The number of carbonyl (C=O) groups excluding carboxylic acids is 2. The monoisotopic (exact) mass is 359 g/mol. The van der Waals surface area contributed by atoms with E-state index in [1.54, 1.807) is 39.2 Å². The number of aryl methyl sites for hydroxylation is 1. The first-order valence-electron chi connectivity index (χ1n) is 7.99. The predicted octanol–water partition coefficient (Wildman–Crippen LogP) is 3.78. The molecule has 2 heterocycles. The van der Waals surface area contributed by atoms with Crippen LogP contribution in [0.15, 0.2) is 29.8 Å². The summed E-state index contributed by atoms with van der Waals surface area (Å²) in [6.45, 7) is 7.36. The number of carbonyl (C=O) groups is 2. The van der Waals surface area contributed by atoms with Crippen LogP contribution < -0.4 is 0 Å². The third kappa shape index (κ3) is 3.24. The number of hydrogen-bond donors (Lipinski definition) is 0. The van der Waals surface area contributed by atoms with E-state index in [1.807, 2.05) is 36.7 Å². The fourth-order valence-electron chi connectivity index (χ4n) is 2.72. The van der Waals surface area contributed by atoms with Crippen LogP contribution in [0.2, 0.25) is 0 Å². The zero-order valence-electron chi connectivity index (χ0n) is 14.9. The van der Waals surface area contributed by atoms with Crippen molar-refractivity contribution in [2.24, 2.45) is 0 Å². The minimum absolute atomic E-state index is 0.132. The van der Waals surface area contributed by atoms with Gasteiger partial charge in [-0.2, -0.15) is 5.01 Å². The Morgan fingerprint density at radius 3 is 2.40 bits per heavy atom. The molecule has 0 radical (unpaired) electrons. The van der Waals surface area contributed by atoms with Crippen LogP contribution >= 0.6 is 11.3 Å². The Morgan fingerprint density at radius 1 is 1.24 bits per heavy atom. The molecule has 0 bridgehead atoms. The van der Waals surface area contributed by atoms with Crippen LogP contribution in [0.1, 0.15) is 38.1 Å². The van der Waals surface area contributed by atoms with Crippen molar-refractivity contribution >= 4 is 23.3 Å². The maximum Gasteiger partial charge on any atom is 0.430 e. The van der Waals surface area contributed by atoms with Gasteiger partial charge in [-0.05, 0) is 38.8 Å². The Hall–Kier alpha value is -2.41. The second-order valence-corrected chi connectivity index (χ2v) is 7.83. The van der Waals surface area contributed by atoms with Gasteiger partial charge in [-0.15, -0.1) is 11.3 Å². The largest absolute Gasteiger partial charge is 0.442 e. The summed E-state index contributed by atoms with van der Waals surface area (Å²) in [6, 6.07) is 7.02. The van der Waals surface area contributed by atoms with Gasteiger partial charge in [0.25, 0.3) is 5.91 Å². The number of hydrazine groups is 1. The summed E-state index contributed by atoms with van der Waals surface area (Å²) in [4.78, 5) is 30.0. The topological polar surface area (TPSA) is 62.7 Å². The normalized spacial score (nSPS) is 17.5. The maximum absolute atomic E-state index is 12.4. The van der Waals surface area contributed by atoms with Crippen LogP contribution in [0.3, 0.4) is 0 Å². The summed E-state index contributed by atoms with van der Waals surface area (Å²) in [5, 5.41) is 2.64. The Bertz CT molecular complexity index is 808. The summed E-state index contributed by atoms with van der Waals surface area (Å²) < 4.78 is 5.40. The van der Waals surface area contributed by atoms with Gasteiger partial charge < -0.3 is 4.74 Å². The van der Waals surface area contributed by atoms with Crippen LogP contribution in [-0.4, -0.2) is 39.7 Å². The van der Waals surface area contributed by atoms with Gasteiger partial charge >= 0.3 is 6.09 Å². The number of benzene rings is 1. The van der Waals surface area contributed by atoms with Crippen LogP contribution in [0.4, 0.5) is 4.79 Å². The highest BCUT2D eigenvalue weighted by Crippen LogP contribution is 2.36. The molecule has 0 saturated carbocycles. The molecular weight excluding hydrogens is 338 g/mol. The fraction of sp³-hybridized carbons (Fsp3) is 0.389. The van der Waals surface area contributed by atoms with Gasteiger partial charge in [0.2, 0.25) is 0 Å². The zero-order valence-corrected chi connectivity index (χ0v) is 15.8. The Balaban J connectivity index is 1.83. The summed E-state index contributed by atoms with van der Waals surface area (Å²) in [5.41, 5.74) is 3.99. The Kier molecular flexibility index (Phi) is 4.28. The van der Waals surface area contributed by atoms with Crippen molar-refractivity contribution in [3.8, 4) is 10.4 Å². The van der Waals surface area contributed by atoms with E-state index in [0.29, 0.717) is 0 Å². The molecule has 1 saturated heterocycles. The lowest BCUT2D eigenvalue weighted by Gasteiger charge is -2.47. The number of nitrogens with zero attached hydrogens (tertiary/aromatic N) is 3. The fourth-order valence-corrected chi connectivity index (χ4v) is 3.53. The highest BCUT2D eigenvalue weighted by Gasteiger charge is 2.49. The van der Waals surface area contributed by atoms with Crippen LogP contribution in [-0.2, 0) is 9.53 Å². The molecule has 1 aromatic carbocycles. The summed E-state index contributed by atoms with van der Waals surface area (Å²) in [5.74, 6) is -0.132. The second-order valence-electron chi connectivity index (χ2n) is 6.98. The van der Waals surface area contributed by atoms with Crippen molar-refractivity contribution in [3.05, 3.63) is 41.0 Å². The number of thiazole rings is 1. The van der Waals surface area contributed by atoms with E-state index in [2.05, 4.69) is 4.98 Å². The molecule has 0 spiro atoms. The molecule has 2 amide bonds. The van der Waals surface area contributed by atoms with Gasteiger partial charge in [-0.25, -0.2) is 14.8 Å². The summed E-state index contributed by atoms with van der Waals surface area (Å²) in [6.07, 6.45) is -0.526. The predicted molar refractivity (Wildman–Crippen MR) is 95.9 cm³/mol. The smallest absolute Gasteiger partial charge is 0.430 e. The first kappa shape index (κ1) is 17.4. The molecule has 25 heavy (non-hydrogen) atoms. The van der Waals surface area contributed by atoms with Gasteiger partial charge in [0.05, 0.1) is 16.1 Å². The lowest BCUT2D eigenvalue weighted by Crippen LogP contribution is -2.64. The number of likely N-dealkylation sites (N-methyl/N-ethyl adjacent to an activating group) is 1. The second kappa shape index (κ2) is 6.15. The molecule has 2 aromatic rings. The standard InChI is InChI=1S/C18H21N3O3S/c1-11-15(25-10-19-11)13-8-6-12(7-9-13)14-16(22)20(5)21(14)17(23)24-18(2,3)4/h6-10,14H,1-5H3/t14-/m1/s1. The molecule has 3 rings (SSSR count). The molecule has 0 N–H and O–H groups in total. The molecule has 0 aliphatic carbocycles. The molecule has 1 aliphatic heterocycles. The highest BCUT2D eigenvalue weighted by molar-refractivity contribution is 7.13. The number of ether oxygens (including phenoxy) is 1. The molecule has 7 heteroatoms. The third-order valence-corrected chi connectivity index (χ3v) is 4.91. The van der Waals surface area contributed by atoms with E-state index in [1.165, 1.54) is 10.0 Å². The number of aromatic nitrogens is 1. The van der Waals surface area contributed by atoms with Gasteiger partial charge in [0, 0.05) is 7.05 Å². The van der Waals surface area contributed by atoms with Crippen LogP contribution in [0, 0.1) is 6.92 Å². The van der Waals surface area contributed by atoms with Gasteiger partial charge in [0.15, 0.2) is 6.04 Å². The van der Waals surface area contributed by atoms with Crippen molar-refractivity contribution in [2.75, 3.05) is 7.05 Å². The third-order valence-electron chi connectivity index (χ3n) is 3.94. The molecule has 1 aliphatic rings. The van der Waals surface area contributed by atoms with E-state index >= 15 is 0 Å². The minimum Gasteiger partial charge on any atom is -0.442 e. The van der Waals surface area contributed by atoms with Crippen molar-refractivity contribution in [1.82, 2.24) is 15.0 Å². The maximum atomic E-state index is 12.4. The lowest BCUT2D eigenvalue weighted by atomic mass is 10.00. The molecule has 1 aromatic heterocycles. The van der Waals surface area contributed by atoms with Gasteiger partial charge in [-0.3, -0.25) is 4.79 Å². The molecule has 6 nitrogen and oxygen atoms in total. The van der Waals surface area contributed by atoms with Crippen molar-refractivity contribution in [1.29, 1.82) is 0 Å². The van der Waals surface area contributed by atoms with E-state index in [4.69, 9.17) is 4.74 Å². The van der Waals surface area contributed by atoms with E-state index in [-0.39, 0.29) is 5.91 Å². The van der Waals surface area contributed by atoms with Crippen LogP contribution in [0.25, 0.3) is 10.4 Å². The quantitative estimate of drug-likeness (QED) is 0.818. The zero-order chi connectivity index (χ0) is 18.4. The first-order chi connectivity index (χ1) is 11.7. The van der Waals surface area contributed by atoms with Crippen molar-refractivity contribution < 1.29 is 14.3 Å². The Morgan fingerprint density at radius 2 is 1.88 bits per heavy atom. The minimum atomic E-state index is -0.642. The van der Waals surface area contributed by atoms with Crippen molar-refractivity contribution in [2.45, 2.75) is 39.3 Å². The van der Waals surface area contributed by atoms with Gasteiger partial charge in [-0.1, -0.05) is 24.3 Å². The average Bonchev–Trinajstić information content (AvgIpc) is 2.96. The molecule has 1 atom stereocenters. The molecule has 0 unspecified atom stereocenters. The number of hydrogen-bond acceptors (Lipinski definition) is 5. The van der Waals surface area contributed by atoms with Crippen LogP contribution in [0.5, 0.6) is 0 Å². The molecule has 132 valence electrons.